The molecule has 13 heteroatoms. The van der Waals surface area contributed by atoms with E-state index < -0.39 is 59.9 Å². The minimum atomic E-state index is -1.28. The third-order valence-electron chi connectivity index (χ3n) is 11.4. The van der Waals surface area contributed by atoms with Gasteiger partial charge in [-0.25, -0.2) is 0 Å². The SMILES string of the molecule is CCCCCCCCc1ccc(C(=O)N(C)[C@H](CO)C(=O)N[C@H](C)C(=O)CCC(=O)N(C)[C@@H]2C(=O)C[C@@H](C)C(=O)N[C@H](C)Cc3ccc(O)c(c3)-c3cc2ccc3O)cc1. The predicted octanol–water partition coefficient (Wildman–Crippen LogP) is 5.81. The number of nitrogens with one attached hydrogen (secondary N) is 2. The molecule has 0 aromatic heterocycles. The number of ketones is 2. The molecule has 5 N–H and O–H groups in total. The maximum absolute atomic E-state index is 14.0. The van der Waals surface area contributed by atoms with E-state index in [0.29, 0.717) is 23.1 Å². The van der Waals surface area contributed by atoms with Crippen molar-refractivity contribution < 1.29 is 44.1 Å². The summed E-state index contributed by atoms with van der Waals surface area (Å²) in [7, 11) is 2.83. The van der Waals surface area contributed by atoms with Crippen LogP contribution in [0.1, 0.15) is 119 Å². The predicted molar refractivity (Wildman–Crippen MR) is 229 cm³/mol. The lowest BCUT2D eigenvalue weighted by atomic mass is 9.90. The Labute approximate surface area is 353 Å². The standard InChI is InChI=1S/C47H62N4O9/c1-7-8-9-10-11-12-13-32-14-17-34(18-15-32)47(60)50(5)38(28-52)46(59)49-31(4)39(53)22-23-43(57)51(6)44-35-19-21-41(55)37(27-35)36-26-33(16-20-40(36)54)25-30(3)48-45(58)29(2)24-42(44)56/h14-21,26-27,29-31,38,44,52,54-55H,7-13,22-25,28H2,1-6H3,(H,48,58)(H,49,59)/t29-,30-,31-,38-,44+/m1/s1. The second-order valence-electron chi connectivity index (χ2n) is 16.2. The van der Waals surface area contributed by atoms with E-state index in [9.17, 15) is 44.1 Å². The second kappa shape index (κ2) is 22.2. The molecule has 1 aliphatic rings. The molecule has 13 nitrogen and oxygen atoms in total. The summed E-state index contributed by atoms with van der Waals surface area (Å²) in [5.41, 5.74) is 3.16. The van der Waals surface area contributed by atoms with Gasteiger partial charge >= 0.3 is 0 Å². The molecule has 4 bridgehead atoms. The molecule has 4 rings (SSSR count). The summed E-state index contributed by atoms with van der Waals surface area (Å²) in [5.74, 6) is -4.04. The third kappa shape index (κ3) is 12.5. The largest absolute Gasteiger partial charge is 0.507 e. The summed E-state index contributed by atoms with van der Waals surface area (Å²) in [6.45, 7) is 6.41. The Hall–Kier alpha value is -5.56. The summed E-state index contributed by atoms with van der Waals surface area (Å²) < 4.78 is 0. The highest BCUT2D eigenvalue weighted by atomic mass is 16.3. The Kier molecular flexibility index (Phi) is 17.4. The molecular weight excluding hydrogens is 765 g/mol. The van der Waals surface area contributed by atoms with Gasteiger partial charge in [0.2, 0.25) is 17.7 Å². The van der Waals surface area contributed by atoms with Crippen molar-refractivity contribution in [2.24, 2.45) is 5.92 Å². The van der Waals surface area contributed by atoms with Gasteiger partial charge in [0.15, 0.2) is 11.6 Å². The summed E-state index contributed by atoms with van der Waals surface area (Å²) in [5, 5.41) is 37.3. The van der Waals surface area contributed by atoms with Crippen LogP contribution in [0.15, 0.2) is 60.7 Å². The molecule has 3 aromatic carbocycles. The summed E-state index contributed by atoms with van der Waals surface area (Å²) in [4.78, 5) is 83.0. The van der Waals surface area contributed by atoms with Gasteiger partial charge in [0, 0.05) is 62.0 Å². The highest BCUT2D eigenvalue weighted by molar-refractivity contribution is 5.99. The number of aliphatic hydroxyl groups is 1. The van der Waals surface area contributed by atoms with Crippen LogP contribution >= 0.6 is 0 Å². The monoisotopic (exact) mass is 826 g/mol. The number of aliphatic hydroxyl groups excluding tert-OH is 1. The lowest BCUT2D eigenvalue weighted by Gasteiger charge is -2.30. The van der Waals surface area contributed by atoms with E-state index in [4.69, 9.17) is 0 Å². The van der Waals surface area contributed by atoms with E-state index in [1.807, 2.05) is 19.1 Å². The highest BCUT2D eigenvalue weighted by Crippen LogP contribution is 2.39. The van der Waals surface area contributed by atoms with Crippen LogP contribution in [0.25, 0.3) is 11.1 Å². The molecule has 324 valence electrons. The number of amides is 4. The van der Waals surface area contributed by atoms with E-state index in [0.717, 1.165) is 35.3 Å². The first-order valence-corrected chi connectivity index (χ1v) is 21.1. The average Bonchev–Trinajstić information content (AvgIpc) is 3.22. The molecule has 60 heavy (non-hydrogen) atoms. The van der Waals surface area contributed by atoms with Crippen LogP contribution in [-0.4, -0.2) is 99.1 Å². The Morgan fingerprint density at radius 1 is 0.833 bits per heavy atom. The molecule has 3 aromatic rings. The van der Waals surface area contributed by atoms with Crippen molar-refractivity contribution in [1.82, 2.24) is 20.4 Å². The minimum absolute atomic E-state index is 0.108. The Bertz CT molecular complexity index is 2000. The molecule has 0 saturated carbocycles. The van der Waals surface area contributed by atoms with Gasteiger partial charge in [-0.15, -0.1) is 0 Å². The van der Waals surface area contributed by atoms with Crippen LogP contribution in [0.4, 0.5) is 0 Å². The third-order valence-corrected chi connectivity index (χ3v) is 11.4. The number of hydrogen-bond acceptors (Lipinski definition) is 9. The summed E-state index contributed by atoms with van der Waals surface area (Å²) in [6, 6.07) is 12.7. The lowest BCUT2D eigenvalue weighted by Crippen LogP contribution is -2.53. The van der Waals surface area contributed by atoms with Gasteiger partial charge in [0.1, 0.15) is 23.6 Å². The molecule has 5 atom stereocenters. The van der Waals surface area contributed by atoms with Crippen LogP contribution in [0.3, 0.4) is 0 Å². The number of Topliss-reactive ketones (excluding diaryl/α,β-unsaturated/α-hetero) is 2. The maximum atomic E-state index is 14.0. The fraction of sp³-hybridized carbons (Fsp3) is 0.489. The topological polar surface area (TPSA) is 194 Å². The van der Waals surface area contributed by atoms with Gasteiger partial charge in [-0.2, -0.15) is 0 Å². The van der Waals surface area contributed by atoms with E-state index in [1.54, 1.807) is 31.2 Å². The molecule has 0 aliphatic carbocycles. The Morgan fingerprint density at radius 3 is 2.13 bits per heavy atom. The minimum Gasteiger partial charge on any atom is -0.507 e. The average molecular weight is 827 g/mol. The summed E-state index contributed by atoms with van der Waals surface area (Å²) >= 11 is 0. The highest BCUT2D eigenvalue weighted by Gasteiger charge is 2.33. The number of carbonyl (C=O) groups is 6. The number of unbranched alkanes of at least 4 members (excludes halogenated alkanes) is 5. The van der Waals surface area contributed by atoms with Crippen molar-refractivity contribution in [2.45, 2.75) is 122 Å². The van der Waals surface area contributed by atoms with Crippen molar-refractivity contribution in [2.75, 3.05) is 20.7 Å². The van der Waals surface area contributed by atoms with Crippen molar-refractivity contribution >= 4 is 35.2 Å². The molecule has 1 heterocycles. The number of likely N-dealkylation sites (N-methyl/N-ethyl adjacent to an activating group) is 2. The zero-order chi connectivity index (χ0) is 44.1. The summed E-state index contributed by atoms with van der Waals surface area (Å²) in [6.07, 6.45) is 7.63. The van der Waals surface area contributed by atoms with Crippen LogP contribution < -0.4 is 10.6 Å². The van der Waals surface area contributed by atoms with Gasteiger partial charge in [0.05, 0.1) is 12.6 Å². The lowest BCUT2D eigenvalue weighted by molar-refractivity contribution is -0.140. The van der Waals surface area contributed by atoms with E-state index >= 15 is 0 Å². The fourth-order valence-electron chi connectivity index (χ4n) is 7.59. The van der Waals surface area contributed by atoms with Crippen molar-refractivity contribution in [1.29, 1.82) is 0 Å². The first-order chi connectivity index (χ1) is 28.6. The maximum Gasteiger partial charge on any atom is 0.254 e. The molecule has 0 spiro atoms. The Morgan fingerprint density at radius 2 is 1.47 bits per heavy atom. The van der Waals surface area contributed by atoms with Gasteiger partial charge in [-0.3, -0.25) is 28.8 Å². The molecular formula is C47H62N4O9. The number of fused-ring (bicyclic) bond motifs is 5. The number of carbonyl (C=O) groups excluding carboxylic acids is 6. The normalized spacial score (nSPS) is 17.8. The number of phenols is 2. The first-order valence-electron chi connectivity index (χ1n) is 21.1. The first kappa shape index (κ1) is 47.1. The number of phenolic OH excluding ortho intramolecular Hbond substituents is 2. The van der Waals surface area contributed by atoms with Crippen LogP contribution in [0, 0.1) is 5.92 Å². The van der Waals surface area contributed by atoms with Crippen molar-refractivity contribution in [3.8, 4) is 22.6 Å². The number of aryl methyl sites for hydroxylation is 1. The second-order valence-corrected chi connectivity index (χ2v) is 16.2. The number of nitrogens with zero attached hydrogens (tertiary/aromatic N) is 2. The van der Waals surface area contributed by atoms with E-state index in [1.165, 1.54) is 75.9 Å². The quantitative estimate of drug-likeness (QED) is 0.105. The molecule has 0 saturated heterocycles. The molecule has 0 unspecified atom stereocenters. The number of benzene rings is 3. The van der Waals surface area contributed by atoms with Gasteiger partial charge < -0.3 is 35.8 Å². The smallest absolute Gasteiger partial charge is 0.254 e. The number of rotatable bonds is 17. The van der Waals surface area contributed by atoms with E-state index in [-0.39, 0.29) is 48.3 Å². The van der Waals surface area contributed by atoms with E-state index in [2.05, 4.69) is 17.6 Å². The van der Waals surface area contributed by atoms with Gasteiger partial charge in [-0.1, -0.05) is 70.2 Å². The Balaban J connectivity index is 1.41. The molecule has 0 radical (unpaired) electrons. The van der Waals surface area contributed by atoms with Crippen LogP contribution in [-0.2, 0) is 36.8 Å². The number of aromatic hydroxyl groups is 2. The van der Waals surface area contributed by atoms with Crippen LogP contribution in [0.2, 0.25) is 0 Å². The zero-order valence-electron chi connectivity index (χ0n) is 35.8. The van der Waals surface area contributed by atoms with Gasteiger partial charge in [0.25, 0.3) is 5.91 Å². The molecule has 0 fully saturated rings. The van der Waals surface area contributed by atoms with Crippen molar-refractivity contribution in [3.05, 3.63) is 82.9 Å². The van der Waals surface area contributed by atoms with Crippen molar-refractivity contribution in [3.63, 3.8) is 0 Å². The van der Waals surface area contributed by atoms with Gasteiger partial charge in [-0.05, 0) is 86.2 Å². The van der Waals surface area contributed by atoms with Crippen LogP contribution in [0.5, 0.6) is 11.5 Å². The number of hydrogen-bond donors (Lipinski definition) is 5. The fourth-order valence-corrected chi connectivity index (χ4v) is 7.59. The molecule has 1 aliphatic heterocycles. The zero-order valence-corrected chi connectivity index (χ0v) is 35.8. The molecule has 4 amide bonds.